The maximum absolute atomic E-state index is 12.7. The lowest BCUT2D eigenvalue weighted by Gasteiger charge is -2.14. The van der Waals surface area contributed by atoms with Crippen LogP contribution in [0.5, 0.6) is 0 Å². The van der Waals surface area contributed by atoms with E-state index in [1.165, 1.54) is 0 Å². The number of halogens is 1. The van der Waals surface area contributed by atoms with Gasteiger partial charge in [0.25, 0.3) is 5.91 Å². The van der Waals surface area contributed by atoms with E-state index in [-0.39, 0.29) is 24.5 Å². The Morgan fingerprint density at radius 1 is 1.14 bits per heavy atom. The highest BCUT2D eigenvalue weighted by Crippen LogP contribution is 2.27. The summed E-state index contributed by atoms with van der Waals surface area (Å²) in [5.41, 5.74) is 2.88. The monoisotopic (exact) mass is 399 g/mol. The van der Waals surface area contributed by atoms with E-state index in [1.54, 1.807) is 35.9 Å². The molecule has 1 aromatic heterocycles. The first-order chi connectivity index (χ1) is 13.4. The summed E-state index contributed by atoms with van der Waals surface area (Å²) in [6, 6.07) is 12.5. The van der Waals surface area contributed by atoms with E-state index in [4.69, 9.17) is 11.6 Å². The summed E-state index contributed by atoms with van der Waals surface area (Å²) in [6.07, 6.45) is 0. The second kappa shape index (κ2) is 8.50. The topological polar surface area (TPSA) is 92.9 Å². The van der Waals surface area contributed by atoms with Crippen molar-refractivity contribution in [2.45, 2.75) is 32.7 Å². The number of aliphatic hydroxyl groups excluding tert-OH is 1. The van der Waals surface area contributed by atoms with Crippen LogP contribution in [0.4, 0.5) is 0 Å². The minimum absolute atomic E-state index is 0.112. The fraction of sp³-hybridized carbons (Fsp3) is 0.300. The molecule has 0 spiro atoms. The minimum atomic E-state index is -0.352. The fourth-order valence-corrected chi connectivity index (χ4v) is 2.89. The van der Waals surface area contributed by atoms with Crippen molar-refractivity contribution in [2.75, 3.05) is 6.61 Å². The third kappa shape index (κ3) is 4.37. The van der Waals surface area contributed by atoms with Crippen LogP contribution >= 0.6 is 11.6 Å². The van der Waals surface area contributed by atoms with E-state index in [0.29, 0.717) is 22.1 Å². The molecular formula is C20H22ClN5O2. The summed E-state index contributed by atoms with van der Waals surface area (Å²) >= 11 is 6.00. The van der Waals surface area contributed by atoms with Gasteiger partial charge in [-0.25, -0.2) is 0 Å². The van der Waals surface area contributed by atoms with Gasteiger partial charge in [0, 0.05) is 22.5 Å². The molecule has 0 fully saturated rings. The maximum atomic E-state index is 12.7. The fourth-order valence-electron chi connectivity index (χ4n) is 2.76. The van der Waals surface area contributed by atoms with Crippen LogP contribution in [0.2, 0.25) is 5.02 Å². The number of benzene rings is 2. The predicted octanol–water partition coefficient (Wildman–Crippen LogP) is 3.22. The van der Waals surface area contributed by atoms with Crippen molar-refractivity contribution in [3.63, 3.8) is 0 Å². The third-order valence-electron chi connectivity index (χ3n) is 4.26. The highest BCUT2D eigenvalue weighted by molar-refractivity contribution is 6.30. The molecule has 2 N–H and O–H groups in total. The Kier molecular flexibility index (Phi) is 6.06. The average Bonchev–Trinajstić information content (AvgIpc) is 3.18. The van der Waals surface area contributed by atoms with Crippen molar-refractivity contribution in [2.24, 2.45) is 0 Å². The molecule has 2 aromatic carbocycles. The van der Waals surface area contributed by atoms with Gasteiger partial charge in [-0.1, -0.05) is 37.6 Å². The van der Waals surface area contributed by atoms with Crippen LogP contribution in [0.25, 0.3) is 16.8 Å². The van der Waals surface area contributed by atoms with Gasteiger partial charge in [-0.2, -0.15) is 4.68 Å². The van der Waals surface area contributed by atoms with Crippen molar-refractivity contribution in [1.82, 2.24) is 25.5 Å². The van der Waals surface area contributed by atoms with E-state index in [1.807, 2.05) is 32.0 Å². The zero-order chi connectivity index (χ0) is 20.3. The molecule has 7 nitrogen and oxygen atoms in total. The Morgan fingerprint density at radius 3 is 2.50 bits per heavy atom. The summed E-state index contributed by atoms with van der Waals surface area (Å²) in [5, 5.41) is 24.6. The number of tetrazole rings is 1. The first-order valence-electron chi connectivity index (χ1n) is 9.00. The molecule has 0 aliphatic carbocycles. The Hall–Kier alpha value is -2.77. The number of amides is 1. The molecule has 3 aromatic rings. The second-order valence-corrected chi connectivity index (χ2v) is 7.37. The predicted molar refractivity (Wildman–Crippen MR) is 108 cm³/mol. The largest absolute Gasteiger partial charge is 0.394 e. The minimum Gasteiger partial charge on any atom is -0.394 e. The maximum Gasteiger partial charge on any atom is 0.251 e. The number of hydrogen-bond acceptors (Lipinski definition) is 5. The molecule has 28 heavy (non-hydrogen) atoms. The number of aliphatic hydroxyl groups is 1. The van der Waals surface area contributed by atoms with Crippen LogP contribution in [0.1, 0.15) is 42.9 Å². The van der Waals surface area contributed by atoms with Crippen molar-refractivity contribution in [3.8, 4) is 16.8 Å². The summed E-state index contributed by atoms with van der Waals surface area (Å²) in [7, 11) is 0. The van der Waals surface area contributed by atoms with Gasteiger partial charge in [0.15, 0.2) is 5.82 Å². The van der Waals surface area contributed by atoms with Crippen molar-refractivity contribution in [1.29, 1.82) is 0 Å². The lowest BCUT2D eigenvalue weighted by molar-refractivity contribution is 0.0922. The molecule has 146 valence electrons. The lowest BCUT2D eigenvalue weighted by atomic mass is 10.0. The van der Waals surface area contributed by atoms with Gasteiger partial charge in [-0.15, -0.1) is 5.10 Å². The molecule has 0 bridgehead atoms. The quantitative estimate of drug-likeness (QED) is 0.663. The molecule has 0 saturated carbocycles. The molecule has 0 unspecified atom stereocenters. The Balaban J connectivity index is 2.12. The van der Waals surface area contributed by atoms with E-state index < -0.39 is 0 Å². The molecule has 8 heteroatoms. The molecule has 0 saturated heterocycles. The normalized spacial score (nSPS) is 12.2. The standard InChI is InChI=1S/C20H22ClN5O2/c1-12(2)19-23-24-25-26(19)18-9-15(14-4-6-17(21)7-5-14)8-16(10-18)20(28)22-13(3)11-27/h4-10,12-13,27H,11H2,1-3H3,(H,22,28)/t13-/m0/s1. The van der Waals surface area contributed by atoms with E-state index >= 15 is 0 Å². The first kappa shape index (κ1) is 20.0. The van der Waals surface area contributed by atoms with Crippen molar-refractivity contribution >= 4 is 17.5 Å². The van der Waals surface area contributed by atoms with E-state index in [2.05, 4.69) is 20.8 Å². The highest BCUT2D eigenvalue weighted by Gasteiger charge is 2.17. The SMILES string of the molecule is CC(C)c1nnnn1-c1cc(C(=O)N[C@@H](C)CO)cc(-c2ccc(Cl)cc2)c1. The zero-order valence-electron chi connectivity index (χ0n) is 15.9. The highest BCUT2D eigenvalue weighted by atomic mass is 35.5. The van der Waals surface area contributed by atoms with Crippen LogP contribution in [-0.4, -0.2) is 43.9 Å². The Bertz CT molecular complexity index is 969. The van der Waals surface area contributed by atoms with Crippen molar-refractivity contribution in [3.05, 3.63) is 58.9 Å². The number of nitrogens with zero attached hydrogens (tertiary/aromatic N) is 4. The van der Waals surface area contributed by atoms with Gasteiger partial charge < -0.3 is 10.4 Å². The number of rotatable bonds is 6. The molecule has 1 heterocycles. The third-order valence-corrected chi connectivity index (χ3v) is 4.52. The van der Waals surface area contributed by atoms with Gasteiger partial charge in [-0.3, -0.25) is 4.79 Å². The van der Waals surface area contributed by atoms with Crippen LogP contribution in [-0.2, 0) is 0 Å². The molecular weight excluding hydrogens is 378 g/mol. The summed E-state index contributed by atoms with van der Waals surface area (Å²) in [4.78, 5) is 12.7. The lowest BCUT2D eigenvalue weighted by Crippen LogP contribution is -2.35. The average molecular weight is 400 g/mol. The second-order valence-electron chi connectivity index (χ2n) is 6.94. The molecule has 3 rings (SSSR count). The Labute approximate surface area is 168 Å². The van der Waals surface area contributed by atoms with Gasteiger partial charge in [0.2, 0.25) is 0 Å². The molecule has 0 aliphatic heterocycles. The van der Waals surface area contributed by atoms with Gasteiger partial charge >= 0.3 is 0 Å². The Morgan fingerprint density at radius 2 is 1.86 bits per heavy atom. The van der Waals surface area contributed by atoms with Crippen LogP contribution in [0, 0.1) is 0 Å². The van der Waals surface area contributed by atoms with Crippen LogP contribution in [0.3, 0.4) is 0 Å². The summed E-state index contributed by atoms with van der Waals surface area (Å²) in [5.74, 6) is 0.530. The number of aromatic nitrogens is 4. The first-order valence-corrected chi connectivity index (χ1v) is 9.38. The number of carbonyl (C=O) groups excluding carboxylic acids is 1. The molecule has 1 amide bonds. The van der Waals surface area contributed by atoms with Gasteiger partial charge in [0.05, 0.1) is 12.3 Å². The number of nitrogens with one attached hydrogen (secondary N) is 1. The van der Waals surface area contributed by atoms with Crippen LogP contribution in [0.15, 0.2) is 42.5 Å². The molecule has 0 radical (unpaired) electrons. The smallest absolute Gasteiger partial charge is 0.251 e. The van der Waals surface area contributed by atoms with E-state index in [9.17, 15) is 9.90 Å². The van der Waals surface area contributed by atoms with Crippen LogP contribution < -0.4 is 5.32 Å². The molecule has 1 atom stereocenters. The molecule has 0 aliphatic rings. The number of hydrogen-bond donors (Lipinski definition) is 2. The van der Waals surface area contributed by atoms with E-state index in [0.717, 1.165) is 11.1 Å². The van der Waals surface area contributed by atoms with Crippen molar-refractivity contribution < 1.29 is 9.90 Å². The van der Waals surface area contributed by atoms with Gasteiger partial charge in [-0.05, 0) is 58.8 Å². The summed E-state index contributed by atoms with van der Waals surface area (Å²) < 4.78 is 1.64. The number of carbonyl (C=O) groups is 1. The van der Waals surface area contributed by atoms with Gasteiger partial charge in [0.1, 0.15) is 0 Å². The summed E-state index contributed by atoms with van der Waals surface area (Å²) in [6.45, 7) is 5.60. The zero-order valence-corrected chi connectivity index (χ0v) is 16.7.